The lowest BCUT2D eigenvalue weighted by atomic mass is 9.81. The maximum absolute atomic E-state index is 5.24. The zero-order valence-corrected chi connectivity index (χ0v) is 9.76. The summed E-state index contributed by atoms with van der Waals surface area (Å²) in [7, 11) is 0. The molecule has 1 aromatic rings. The van der Waals surface area contributed by atoms with Crippen molar-refractivity contribution >= 4 is 12.2 Å². The number of rotatable bonds is 3. The zero-order valence-electron chi connectivity index (χ0n) is 9.76. The molecule has 0 spiro atoms. The number of guanidine groups is 1. The molecule has 17 heavy (non-hydrogen) atoms. The third-order valence-corrected chi connectivity index (χ3v) is 2.83. The molecule has 5 heteroatoms. The predicted octanol–water partition coefficient (Wildman–Crippen LogP) is 0.582. The number of hydrogen-bond acceptors (Lipinski definition) is 3. The third-order valence-electron chi connectivity index (χ3n) is 2.83. The van der Waals surface area contributed by atoms with Gasteiger partial charge < -0.3 is 16.2 Å². The van der Waals surface area contributed by atoms with E-state index in [0.717, 1.165) is 18.8 Å². The Morgan fingerprint density at radius 2 is 1.94 bits per heavy atom. The molecule has 1 saturated heterocycles. The molecule has 5 nitrogen and oxygen atoms in total. The summed E-state index contributed by atoms with van der Waals surface area (Å²) in [5, 5.41) is 7.30. The van der Waals surface area contributed by atoms with Crippen molar-refractivity contribution in [3.05, 3.63) is 35.4 Å². The number of ether oxygens (including phenoxy) is 1. The van der Waals surface area contributed by atoms with Crippen molar-refractivity contribution < 1.29 is 4.74 Å². The van der Waals surface area contributed by atoms with E-state index in [1.165, 1.54) is 5.56 Å². The fourth-order valence-electron chi connectivity index (χ4n) is 1.71. The van der Waals surface area contributed by atoms with Gasteiger partial charge in [-0.15, -0.1) is 5.10 Å². The molecule has 4 N–H and O–H groups in total. The molecular weight excluding hydrogens is 216 g/mol. The van der Waals surface area contributed by atoms with Crippen LogP contribution in [0.25, 0.3) is 0 Å². The highest BCUT2D eigenvalue weighted by atomic mass is 16.5. The van der Waals surface area contributed by atoms with Gasteiger partial charge in [-0.2, -0.15) is 5.10 Å². The van der Waals surface area contributed by atoms with E-state index in [-0.39, 0.29) is 11.4 Å². The minimum Gasteiger partial charge on any atom is -0.379 e. The average molecular weight is 232 g/mol. The molecule has 1 fully saturated rings. The Hall–Kier alpha value is -1.88. The van der Waals surface area contributed by atoms with Gasteiger partial charge >= 0.3 is 0 Å². The van der Waals surface area contributed by atoms with Gasteiger partial charge in [0.25, 0.3) is 0 Å². The Morgan fingerprint density at radius 1 is 1.29 bits per heavy atom. The molecule has 1 aromatic carbocycles. The van der Waals surface area contributed by atoms with Crippen LogP contribution in [0.4, 0.5) is 0 Å². The Bertz CT molecular complexity index is 442. The van der Waals surface area contributed by atoms with Gasteiger partial charge in [0.05, 0.1) is 19.4 Å². The van der Waals surface area contributed by atoms with Crippen LogP contribution >= 0.6 is 0 Å². The van der Waals surface area contributed by atoms with Crippen LogP contribution in [0.15, 0.2) is 34.5 Å². The Morgan fingerprint density at radius 3 is 2.41 bits per heavy atom. The lowest BCUT2D eigenvalue weighted by molar-refractivity contribution is -0.0500. The van der Waals surface area contributed by atoms with Crippen LogP contribution in [-0.4, -0.2) is 25.4 Å². The van der Waals surface area contributed by atoms with E-state index in [1.54, 1.807) is 6.21 Å². The summed E-state index contributed by atoms with van der Waals surface area (Å²) < 4.78 is 5.24. The molecule has 0 unspecified atom stereocenters. The van der Waals surface area contributed by atoms with Gasteiger partial charge in [-0.3, -0.25) is 0 Å². The highest BCUT2D eigenvalue weighted by Crippen LogP contribution is 2.31. The highest BCUT2D eigenvalue weighted by Gasteiger charge is 2.34. The van der Waals surface area contributed by atoms with Gasteiger partial charge in [0.1, 0.15) is 0 Å². The fourth-order valence-corrected chi connectivity index (χ4v) is 1.71. The Balaban J connectivity index is 2.08. The summed E-state index contributed by atoms with van der Waals surface area (Å²) >= 11 is 0. The molecule has 0 aliphatic carbocycles. The molecule has 0 bridgehead atoms. The summed E-state index contributed by atoms with van der Waals surface area (Å²) in [5.41, 5.74) is 12.7. The number of nitrogens with two attached hydrogens (primary N) is 2. The van der Waals surface area contributed by atoms with Crippen LogP contribution in [0.1, 0.15) is 18.1 Å². The predicted molar refractivity (Wildman–Crippen MR) is 68.0 cm³/mol. The van der Waals surface area contributed by atoms with Crippen molar-refractivity contribution in [2.24, 2.45) is 21.7 Å². The van der Waals surface area contributed by atoms with Crippen molar-refractivity contribution in [1.29, 1.82) is 0 Å². The topological polar surface area (TPSA) is 86.0 Å². The smallest absolute Gasteiger partial charge is 0.211 e. The van der Waals surface area contributed by atoms with Crippen LogP contribution in [0.3, 0.4) is 0 Å². The number of hydrogen-bond donors (Lipinski definition) is 2. The quantitative estimate of drug-likeness (QED) is 0.454. The first-order valence-electron chi connectivity index (χ1n) is 5.40. The lowest BCUT2D eigenvalue weighted by Crippen LogP contribution is -2.43. The zero-order chi connectivity index (χ0) is 12.3. The van der Waals surface area contributed by atoms with E-state index in [1.807, 2.05) is 12.1 Å². The molecule has 1 heterocycles. The van der Waals surface area contributed by atoms with Crippen LogP contribution in [0.5, 0.6) is 0 Å². The molecule has 0 amide bonds. The van der Waals surface area contributed by atoms with Gasteiger partial charge in [-0.1, -0.05) is 31.2 Å². The molecule has 0 radical (unpaired) electrons. The first-order valence-corrected chi connectivity index (χ1v) is 5.40. The molecule has 0 saturated carbocycles. The van der Waals surface area contributed by atoms with Crippen molar-refractivity contribution in [2.45, 2.75) is 12.3 Å². The molecular formula is C12H16N4O. The molecule has 0 atom stereocenters. The fraction of sp³-hybridized carbons (Fsp3) is 0.333. The number of nitrogens with zero attached hydrogens (tertiary/aromatic N) is 2. The minimum absolute atomic E-state index is 0.0444. The van der Waals surface area contributed by atoms with Crippen LogP contribution in [0, 0.1) is 0 Å². The second kappa shape index (κ2) is 4.55. The standard InChI is InChI=1S/C12H16N4O/c1-12(7-17-8-12)10-4-2-9(3-5-10)6-15-16-11(13)14/h2-6H,7-8H2,1H3,(H4,13,14,16). The van der Waals surface area contributed by atoms with E-state index in [0.29, 0.717) is 0 Å². The maximum Gasteiger partial charge on any atom is 0.211 e. The average Bonchev–Trinajstić information content (AvgIpc) is 2.26. The van der Waals surface area contributed by atoms with E-state index in [2.05, 4.69) is 29.3 Å². The SMILES string of the molecule is CC1(c2ccc(C=NN=C(N)N)cc2)COC1. The summed E-state index contributed by atoms with van der Waals surface area (Å²) in [6, 6.07) is 8.15. The van der Waals surface area contributed by atoms with Crippen molar-refractivity contribution in [2.75, 3.05) is 13.2 Å². The first-order chi connectivity index (χ1) is 8.10. The largest absolute Gasteiger partial charge is 0.379 e. The third kappa shape index (κ3) is 2.62. The maximum atomic E-state index is 5.24. The summed E-state index contributed by atoms with van der Waals surface area (Å²) in [6.07, 6.45) is 1.61. The molecule has 1 aliphatic rings. The van der Waals surface area contributed by atoms with E-state index < -0.39 is 0 Å². The second-order valence-electron chi connectivity index (χ2n) is 4.44. The molecule has 1 aliphatic heterocycles. The molecule has 0 aromatic heterocycles. The lowest BCUT2D eigenvalue weighted by Gasteiger charge is -2.38. The van der Waals surface area contributed by atoms with Crippen molar-refractivity contribution in [3.8, 4) is 0 Å². The van der Waals surface area contributed by atoms with Gasteiger partial charge in [-0.05, 0) is 11.1 Å². The van der Waals surface area contributed by atoms with Crippen molar-refractivity contribution in [1.82, 2.24) is 0 Å². The Labute approximate surface area is 100 Å². The first kappa shape index (κ1) is 11.6. The van der Waals surface area contributed by atoms with E-state index >= 15 is 0 Å². The summed E-state index contributed by atoms with van der Waals surface area (Å²) in [5.74, 6) is -0.0444. The van der Waals surface area contributed by atoms with Crippen LogP contribution < -0.4 is 11.5 Å². The van der Waals surface area contributed by atoms with Crippen molar-refractivity contribution in [3.63, 3.8) is 0 Å². The van der Waals surface area contributed by atoms with Gasteiger partial charge in [0.15, 0.2) is 0 Å². The minimum atomic E-state index is -0.0444. The molecule has 90 valence electrons. The molecule has 2 rings (SSSR count). The van der Waals surface area contributed by atoms with Gasteiger partial charge in [0, 0.05) is 5.41 Å². The monoisotopic (exact) mass is 232 g/mol. The summed E-state index contributed by atoms with van der Waals surface area (Å²) in [6.45, 7) is 3.77. The van der Waals surface area contributed by atoms with Gasteiger partial charge in [0.2, 0.25) is 5.96 Å². The van der Waals surface area contributed by atoms with Crippen LogP contribution in [-0.2, 0) is 10.2 Å². The second-order valence-corrected chi connectivity index (χ2v) is 4.44. The normalized spacial score (nSPS) is 17.7. The van der Waals surface area contributed by atoms with Crippen LogP contribution in [0.2, 0.25) is 0 Å². The number of benzene rings is 1. The van der Waals surface area contributed by atoms with E-state index in [4.69, 9.17) is 16.2 Å². The van der Waals surface area contributed by atoms with Gasteiger partial charge in [-0.25, -0.2) is 0 Å². The highest BCUT2D eigenvalue weighted by molar-refractivity contribution is 5.81. The summed E-state index contributed by atoms with van der Waals surface area (Å²) in [4.78, 5) is 0. The van der Waals surface area contributed by atoms with E-state index in [9.17, 15) is 0 Å². The Kier molecular flexibility index (Phi) is 3.10.